The highest BCUT2D eigenvalue weighted by Crippen LogP contribution is 2.32. The van der Waals surface area contributed by atoms with Crippen molar-refractivity contribution in [1.29, 1.82) is 0 Å². The summed E-state index contributed by atoms with van der Waals surface area (Å²) in [6.07, 6.45) is 1.75. The van der Waals surface area contributed by atoms with Crippen LogP contribution in [0.15, 0.2) is 36.4 Å². The van der Waals surface area contributed by atoms with Crippen molar-refractivity contribution < 1.29 is 27.8 Å². The van der Waals surface area contributed by atoms with E-state index in [1.54, 1.807) is 18.1 Å². The van der Waals surface area contributed by atoms with Gasteiger partial charge in [-0.2, -0.15) is 8.78 Å². The van der Waals surface area contributed by atoms with E-state index in [2.05, 4.69) is 10.1 Å². The Hall–Kier alpha value is -3.03. The third kappa shape index (κ3) is 4.44. The summed E-state index contributed by atoms with van der Waals surface area (Å²) in [5.41, 5.74) is 2.42. The zero-order valence-electron chi connectivity index (χ0n) is 15.7. The van der Waals surface area contributed by atoms with E-state index >= 15 is 0 Å². The predicted octanol–water partition coefficient (Wildman–Crippen LogP) is 3.70. The number of nitrogens with one attached hydrogen (secondary N) is 1. The number of amides is 1. The summed E-state index contributed by atoms with van der Waals surface area (Å²) in [5.74, 6) is 0.746. The molecule has 1 amide bonds. The van der Waals surface area contributed by atoms with Gasteiger partial charge in [-0.3, -0.25) is 4.79 Å². The van der Waals surface area contributed by atoms with Gasteiger partial charge in [-0.25, -0.2) is 0 Å². The second kappa shape index (κ2) is 8.77. The molecular formula is C20H22F2N2O4. The first-order chi connectivity index (χ1) is 13.5. The second-order valence-corrected chi connectivity index (χ2v) is 6.24. The fourth-order valence-corrected chi connectivity index (χ4v) is 3.21. The highest BCUT2D eigenvalue weighted by molar-refractivity contribution is 5.97. The summed E-state index contributed by atoms with van der Waals surface area (Å²) in [4.78, 5) is 14.5. The summed E-state index contributed by atoms with van der Waals surface area (Å²) in [6, 6.07) is 10.2. The number of carbonyl (C=O) groups excluding carboxylic acids is 1. The largest absolute Gasteiger partial charge is 0.497 e. The fraction of sp³-hybridized carbons (Fsp3) is 0.350. The van der Waals surface area contributed by atoms with Gasteiger partial charge < -0.3 is 24.4 Å². The van der Waals surface area contributed by atoms with Crippen LogP contribution >= 0.6 is 0 Å². The number of hydrogen-bond donors (Lipinski definition) is 1. The van der Waals surface area contributed by atoms with Crippen LogP contribution in [0.4, 0.5) is 20.2 Å². The lowest BCUT2D eigenvalue weighted by Gasteiger charge is -2.30. The smallest absolute Gasteiger partial charge is 0.387 e. The normalized spacial score (nSPS) is 13.1. The molecule has 0 saturated heterocycles. The van der Waals surface area contributed by atoms with Crippen LogP contribution in [0.3, 0.4) is 0 Å². The monoisotopic (exact) mass is 392 g/mol. The number of halogens is 2. The maximum Gasteiger partial charge on any atom is 0.387 e. The van der Waals surface area contributed by atoms with Gasteiger partial charge in [-0.1, -0.05) is 0 Å². The molecule has 3 rings (SSSR count). The van der Waals surface area contributed by atoms with Crippen LogP contribution in [0.1, 0.15) is 12.0 Å². The molecule has 0 unspecified atom stereocenters. The van der Waals surface area contributed by atoms with Gasteiger partial charge in [0.2, 0.25) is 5.91 Å². The zero-order valence-corrected chi connectivity index (χ0v) is 15.7. The lowest BCUT2D eigenvalue weighted by Crippen LogP contribution is -2.39. The van der Waals surface area contributed by atoms with Crippen molar-refractivity contribution >= 4 is 17.3 Å². The quantitative estimate of drug-likeness (QED) is 0.779. The third-order valence-corrected chi connectivity index (χ3v) is 4.53. The fourth-order valence-electron chi connectivity index (χ4n) is 3.21. The minimum Gasteiger partial charge on any atom is -0.497 e. The lowest BCUT2D eigenvalue weighted by atomic mass is 10.0. The molecule has 0 atom stereocenters. The highest BCUT2D eigenvalue weighted by Gasteiger charge is 2.23. The van der Waals surface area contributed by atoms with E-state index in [9.17, 15) is 13.6 Å². The average molecular weight is 392 g/mol. The first-order valence-corrected chi connectivity index (χ1v) is 8.86. The van der Waals surface area contributed by atoms with Gasteiger partial charge in [0.05, 0.1) is 20.8 Å². The minimum atomic E-state index is -2.97. The van der Waals surface area contributed by atoms with Crippen LogP contribution in [0, 0.1) is 0 Å². The first-order valence-electron chi connectivity index (χ1n) is 8.86. The van der Waals surface area contributed by atoms with Gasteiger partial charge in [-0.15, -0.1) is 0 Å². The van der Waals surface area contributed by atoms with Crippen molar-refractivity contribution in [2.45, 2.75) is 19.5 Å². The van der Waals surface area contributed by atoms with Crippen molar-refractivity contribution in [3.05, 3.63) is 42.0 Å². The minimum absolute atomic E-state index is 0.0198. The molecule has 0 spiro atoms. The SMILES string of the molecule is COc1ccc2c(c1)CCCN2C(=O)CNc1ccc(OC)c(OC(F)F)c1. The molecule has 2 aromatic carbocycles. The Morgan fingerprint density at radius 2 is 1.96 bits per heavy atom. The van der Waals surface area contributed by atoms with Crippen LogP contribution in [0.5, 0.6) is 17.2 Å². The van der Waals surface area contributed by atoms with Crippen molar-refractivity contribution in [2.75, 3.05) is 37.5 Å². The Balaban J connectivity index is 1.70. The van der Waals surface area contributed by atoms with Gasteiger partial charge in [0.15, 0.2) is 11.5 Å². The number of methoxy groups -OCH3 is 2. The van der Waals surface area contributed by atoms with Gasteiger partial charge >= 0.3 is 6.61 Å². The zero-order chi connectivity index (χ0) is 20.1. The van der Waals surface area contributed by atoms with Crippen molar-refractivity contribution in [3.63, 3.8) is 0 Å². The Kier molecular flexibility index (Phi) is 6.18. The summed E-state index contributed by atoms with van der Waals surface area (Å²) >= 11 is 0. The molecule has 1 N–H and O–H groups in total. The maximum absolute atomic E-state index is 12.7. The van der Waals surface area contributed by atoms with Crippen molar-refractivity contribution in [2.24, 2.45) is 0 Å². The molecule has 2 aromatic rings. The Labute approximate surface area is 162 Å². The molecule has 0 saturated carbocycles. The van der Waals surface area contributed by atoms with E-state index in [1.165, 1.54) is 19.2 Å². The average Bonchev–Trinajstić information content (AvgIpc) is 2.70. The van der Waals surface area contributed by atoms with Gasteiger partial charge in [0.25, 0.3) is 0 Å². The summed E-state index contributed by atoms with van der Waals surface area (Å²) in [7, 11) is 2.98. The molecule has 1 aliphatic heterocycles. The number of fused-ring (bicyclic) bond motifs is 1. The predicted molar refractivity (Wildman–Crippen MR) is 102 cm³/mol. The topological polar surface area (TPSA) is 60.0 Å². The van der Waals surface area contributed by atoms with Crippen molar-refractivity contribution in [1.82, 2.24) is 0 Å². The number of nitrogens with zero attached hydrogens (tertiary/aromatic N) is 1. The number of rotatable bonds is 7. The number of ether oxygens (including phenoxy) is 3. The van der Waals surface area contributed by atoms with E-state index in [0.717, 1.165) is 29.8 Å². The molecule has 0 aliphatic carbocycles. The van der Waals surface area contributed by atoms with Crippen molar-refractivity contribution in [3.8, 4) is 17.2 Å². The molecule has 28 heavy (non-hydrogen) atoms. The number of aryl methyl sites for hydroxylation is 1. The van der Waals surface area contributed by atoms with Crippen LogP contribution < -0.4 is 24.4 Å². The third-order valence-electron chi connectivity index (χ3n) is 4.53. The number of hydrogen-bond acceptors (Lipinski definition) is 5. The molecule has 1 aliphatic rings. The number of anilines is 2. The standard InChI is InChI=1S/C20H22F2N2O4/c1-26-15-6-7-16-13(10-15)4-3-9-24(16)19(25)12-23-14-5-8-17(27-2)18(11-14)28-20(21)22/h5-8,10-11,20,23H,3-4,9,12H2,1-2H3. The molecular weight excluding hydrogens is 370 g/mol. The maximum atomic E-state index is 12.7. The first kappa shape index (κ1) is 19.7. The van der Waals surface area contributed by atoms with Gasteiger partial charge in [0.1, 0.15) is 5.75 Å². The number of benzene rings is 2. The summed E-state index contributed by atoms with van der Waals surface area (Å²) in [6.45, 7) is -2.32. The molecule has 0 fully saturated rings. The number of alkyl halides is 2. The van der Waals surface area contributed by atoms with E-state index in [0.29, 0.717) is 12.2 Å². The Morgan fingerprint density at radius 1 is 1.14 bits per heavy atom. The summed E-state index contributed by atoms with van der Waals surface area (Å²) in [5, 5.41) is 2.96. The molecule has 6 nitrogen and oxygen atoms in total. The molecule has 1 heterocycles. The molecule has 0 radical (unpaired) electrons. The molecule has 8 heteroatoms. The van der Waals surface area contributed by atoms with Gasteiger partial charge in [0, 0.05) is 24.0 Å². The summed E-state index contributed by atoms with van der Waals surface area (Å²) < 4.78 is 39.8. The van der Waals surface area contributed by atoms with Gasteiger partial charge in [-0.05, 0) is 48.7 Å². The molecule has 0 bridgehead atoms. The van der Waals surface area contributed by atoms with E-state index in [1.807, 2.05) is 18.2 Å². The highest BCUT2D eigenvalue weighted by atomic mass is 19.3. The molecule has 150 valence electrons. The lowest BCUT2D eigenvalue weighted by molar-refractivity contribution is -0.117. The second-order valence-electron chi connectivity index (χ2n) is 6.24. The number of carbonyl (C=O) groups is 1. The Bertz CT molecular complexity index is 845. The molecule has 0 aromatic heterocycles. The van der Waals surface area contributed by atoms with Crippen LogP contribution in [-0.2, 0) is 11.2 Å². The van der Waals surface area contributed by atoms with Crippen LogP contribution in [0.25, 0.3) is 0 Å². The van der Waals surface area contributed by atoms with E-state index < -0.39 is 6.61 Å². The van der Waals surface area contributed by atoms with Crippen LogP contribution in [-0.4, -0.2) is 39.8 Å². The Morgan fingerprint density at radius 3 is 2.68 bits per heavy atom. The van der Waals surface area contributed by atoms with E-state index in [-0.39, 0.29) is 24.0 Å². The van der Waals surface area contributed by atoms with E-state index in [4.69, 9.17) is 9.47 Å². The van der Waals surface area contributed by atoms with Crippen LogP contribution in [0.2, 0.25) is 0 Å².